The Hall–Kier alpha value is -2.60. The number of hydrogen-bond donors (Lipinski definition) is 1. The van der Waals surface area contributed by atoms with Crippen LogP contribution in [-0.4, -0.2) is 22.9 Å². The van der Waals surface area contributed by atoms with Gasteiger partial charge in [-0.2, -0.15) is 0 Å². The predicted octanol–water partition coefficient (Wildman–Crippen LogP) is 4.92. The molecule has 0 bridgehead atoms. The van der Waals surface area contributed by atoms with Crippen LogP contribution in [0, 0.1) is 0 Å². The van der Waals surface area contributed by atoms with Crippen molar-refractivity contribution in [2.45, 2.75) is 5.34 Å². The molecule has 8 heteroatoms. The van der Waals surface area contributed by atoms with Gasteiger partial charge in [0.15, 0.2) is 0 Å². The Morgan fingerprint density at radius 2 is 1.37 bits per heavy atom. The van der Waals surface area contributed by atoms with E-state index in [-0.39, 0.29) is 23.6 Å². The standard InChI is InChI=1S/C22H19BrNO5P/c23-15-16-24-20-14-8-7-13-19(20)22(26,21(24)25)30(27,28-17-9-3-1-4-10-17)29-18-11-5-2-6-12-18/h1-14,26H,15-16H2. The highest BCUT2D eigenvalue weighted by Gasteiger charge is 2.66. The maximum atomic E-state index is 14.2. The van der Waals surface area contributed by atoms with Crippen molar-refractivity contribution < 1.29 is 23.5 Å². The first kappa shape index (κ1) is 20.7. The second-order valence-corrected chi connectivity index (χ2v) is 9.44. The Morgan fingerprint density at radius 3 is 1.90 bits per heavy atom. The van der Waals surface area contributed by atoms with Gasteiger partial charge in [0.05, 0.1) is 5.69 Å². The third kappa shape index (κ3) is 3.43. The molecule has 30 heavy (non-hydrogen) atoms. The van der Waals surface area contributed by atoms with E-state index in [1.807, 2.05) is 0 Å². The smallest absolute Gasteiger partial charge is 0.414 e. The van der Waals surface area contributed by atoms with Gasteiger partial charge in [0, 0.05) is 17.4 Å². The molecule has 1 unspecified atom stereocenters. The number of aliphatic hydroxyl groups is 1. The van der Waals surface area contributed by atoms with Gasteiger partial charge in [-0.3, -0.25) is 4.79 Å². The number of rotatable bonds is 7. The average molecular weight is 488 g/mol. The van der Waals surface area contributed by atoms with E-state index in [4.69, 9.17) is 9.05 Å². The van der Waals surface area contributed by atoms with E-state index in [0.29, 0.717) is 11.0 Å². The predicted molar refractivity (Wildman–Crippen MR) is 118 cm³/mol. The number of fused-ring (bicyclic) bond motifs is 1. The fourth-order valence-corrected chi connectivity index (χ4v) is 5.67. The SMILES string of the molecule is O=C1N(CCBr)c2ccccc2C1(O)P(=O)(Oc1ccccc1)Oc1ccccc1. The van der Waals surface area contributed by atoms with Gasteiger partial charge in [-0.15, -0.1) is 0 Å². The Balaban J connectivity index is 1.87. The topological polar surface area (TPSA) is 76.1 Å². The number of nitrogens with zero attached hydrogens (tertiary/aromatic N) is 1. The highest BCUT2D eigenvalue weighted by molar-refractivity contribution is 9.09. The first-order chi connectivity index (χ1) is 14.5. The third-order valence-corrected chi connectivity index (χ3v) is 7.24. The van der Waals surface area contributed by atoms with E-state index in [2.05, 4.69) is 15.9 Å². The lowest BCUT2D eigenvalue weighted by Gasteiger charge is -2.31. The number of anilines is 1. The molecule has 0 aliphatic carbocycles. The van der Waals surface area contributed by atoms with E-state index in [1.165, 1.54) is 4.90 Å². The number of alkyl halides is 1. The molecule has 154 valence electrons. The Bertz CT molecular complexity index is 1050. The zero-order valence-electron chi connectivity index (χ0n) is 15.8. The van der Waals surface area contributed by atoms with Crippen molar-refractivity contribution in [1.82, 2.24) is 0 Å². The zero-order valence-corrected chi connectivity index (χ0v) is 18.3. The molecule has 4 rings (SSSR count). The summed E-state index contributed by atoms with van der Waals surface area (Å²) in [4.78, 5) is 14.8. The van der Waals surface area contributed by atoms with Crippen molar-refractivity contribution in [3.8, 4) is 11.5 Å². The molecule has 1 heterocycles. The summed E-state index contributed by atoms with van der Waals surface area (Å²) in [6, 6.07) is 23.4. The summed E-state index contributed by atoms with van der Waals surface area (Å²) in [6.45, 7) is 0.287. The highest BCUT2D eigenvalue weighted by atomic mass is 79.9. The van der Waals surface area contributed by atoms with Crippen LogP contribution in [-0.2, 0) is 14.7 Å². The van der Waals surface area contributed by atoms with E-state index in [1.54, 1.807) is 84.9 Å². The van der Waals surface area contributed by atoms with Crippen LogP contribution >= 0.6 is 23.5 Å². The molecule has 1 amide bonds. The molecule has 0 spiro atoms. The lowest BCUT2D eigenvalue weighted by Crippen LogP contribution is -2.43. The number of amides is 1. The molecule has 1 atom stereocenters. The van der Waals surface area contributed by atoms with Crippen LogP contribution in [0.25, 0.3) is 0 Å². The maximum absolute atomic E-state index is 14.2. The van der Waals surface area contributed by atoms with E-state index in [9.17, 15) is 14.5 Å². The van der Waals surface area contributed by atoms with Crippen molar-refractivity contribution >= 4 is 35.1 Å². The number of halogens is 1. The van der Waals surface area contributed by atoms with Crippen LogP contribution in [0.3, 0.4) is 0 Å². The van der Waals surface area contributed by atoms with Crippen LogP contribution in [0.1, 0.15) is 5.56 Å². The molecule has 3 aromatic carbocycles. The van der Waals surface area contributed by atoms with Gasteiger partial charge in [-0.1, -0.05) is 70.5 Å². The van der Waals surface area contributed by atoms with E-state index < -0.39 is 18.8 Å². The van der Waals surface area contributed by atoms with Gasteiger partial charge in [0.25, 0.3) is 11.2 Å². The largest absolute Gasteiger partial charge is 0.476 e. The maximum Gasteiger partial charge on any atom is 0.476 e. The van der Waals surface area contributed by atoms with E-state index in [0.717, 1.165) is 0 Å². The summed E-state index contributed by atoms with van der Waals surface area (Å²) in [6.07, 6.45) is 0. The van der Waals surface area contributed by atoms with Crippen LogP contribution in [0.5, 0.6) is 11.5 Å². The zero-order chi connectivity index (χ0) is 21.2. The second kappa shape index (κ2) is 8.26. The van der Waals surface area contributed by atoms with Crippen molar-refractivity contribution in [3.05, 3.63) is 90.5 Å². The summed E-state index contributed by atoms with van der Waals surface area (Å²) in [7, 11) is -4.52. The van der Waals surface area contributed by atoms with Crippen molar-refractivity contribution in [2.75, 3.05) is 16.8 Å². The lowest BCUT2D eigenvalue weighted by atomic mass is 10.1. The highest BCUT2D eigenvalue weighted by Crippen LogP contribution is 2.66. The third-order valence-electron chi connectivity index (χ3n) is 4.76. The van der Waals surface area contributed by atoms with Crippen molar-refractivity contribution in [3.63, 3.8) is 0 Å². The molecule has 3 aromatic rings. The minimum Gasteiger partial charge on any atom is -0.414 e. The Kier molecular flexibility index (Phi) is 5.69. The summed E-state index contributed by atoms with van der Waals surface area (Å²) < 4.78 is 25.8. The van der Waals surface area contributed by atoms with Gasteiger partial charge in [0.1, 0.15) is 11.5 Å². The fourth-order valence-electron chi connectivity index (χ4n) is 3.38. The number of carbonyl (C=O) groups excluding carboxylic acids is 1. The van der Waals surface area contributed by atoms with Gasteiger partial charge >= 0.3 is 7.60 Å². The van der Waals surface area contributed by atoms with Gasteiger partial charge in [-0.25, -0.2) is 4.57 Å². The first-order valence-corrected chi connectivity index (χ1v) is 12.0. The van der Waals surface area contributed by atoms with Crippen LogP contribution in [0.2, 0.25) is 0 Å². The Morgan fingerprint density at radius 1 is 0.867 bits per heavy atom. The molecule has 0 saturated carbocycles. The molecule has 0 aromatic heterocycles. The fraction of sp³-hybridized carbons (Fsp3) is 0.136. The quantitative estimate of drug-likeness (QED) is 0.378. The summed E-state index contributed by atoms with van der Waals surface area (Å²) >= 11 is 3.33. The van der Waals surface area contributed by atoms with Crippen LogP contribution in [0.15, 0.2) is 84.9 Å². The number of carbonyl (C=O) groups is 1. The molecule has 1 aliphatic rings. The number of para-hydroxylation sites is 3. The summed E-state index contributed by atoms with van der Waals surface area (Å²) in [5, 5.41) is 9.71. The second-order valence-electron chi connectivity index (χ2n) is 6.64. The average Bonchev–Trinajstić information content (AvgIpc) is 2.99. The Labute approximate surface area is 182 Å². The molecule has 1 N–H and O–H groups in total. The molecule has 0 radical (unpaired) electrons. The van der Waals surface area contributed by atoms with Gasteiger partial charge in [-0.05, 0) is 30.3 Å². The summed E-state index contributed by atoms with van der Waals surface area (Å²) in [5.41, 5.74) is 0.657. The summed E-state index contributed by atoms with van der Waals surface area (Å²) in [5.74, 6) is -0.317. The van der Waals surface area contributed by atoms with Crippen molar-refractivity contribution in [1.29, 1.82) is 0 Å². The molecular formula is C22H19BrNO5P. The molecule has 1 aliphatic heterocycles. The van der Waals surface area contributed by atoms with Crippen LogP contribution < -0.4 is 13.9 Å². The molecule has 0 saturated heterocycles. The number of hydrogen-bond acceptors (Lipinski definition) is 5. The van der Waals surface area contributed by atoms with Gasteiger partial charge in [0.2, 0.25) is 0 Å². The lowest BCUT2D eigenvalue weighted by molar-refractivity contribution is -0.129. The van der Waals surface area contributed by atoms with Crippen molar-refractivity contribution in [2.24, 2.45) is 0 Å². The molecule has 6 nitrogen and oxygen atoms in total. The monoisotopic (exact) mass is 487 g/mol. The normalized spacial score (nSPS) is 18.2. The van der Waals surface area contributed by atoms with Crippen LogP contribution in [0.4, 0.5) is 5.69 Å². The minimum atomic E-state index is -4.52. The molecule has 0 fully saturated rings. The minimum absolute atomic E-state index is 0.186. The number of benzene rings is 3. The molecular weight excluding hydrogens is 469 g/mol. The van der Waals surface area contributed by atoms with Gasteiger partial charge < -0.3 is 19.1 Å². The first-order valence-electron chi connectivity index (χ1n) is 9.29. The van der Waals surface area contributed by atoms with E-state index >= 15 is 0 Å².